The van der Waals surface area contributed by atoms with Crippen molar-refractivity contribution in [2.24, 2.45) is 0 Å². The van der Waals surface area contributed by atoms with Gasteiger partial charge in [0.2, 0.25) is 0 Å². The van der Waals surface area contributed by atoms with Gasteiger partial charge in [-0.15, -0.1) is 11.3 Å². The van der Waals surface area contributed by atoms with Crippen LogP contribution in [0.15, 0.2) is 48.7 Å². The van der Waals surface area contributed by atoms with Crippen LogP contribution in [0.2, 0.25) is 5.02 Å². The van der Waals surface area contributed by atoms with Gasteiger partial charge in [-0.05, 0) is 61.7 Å². The molecule has 3 rings (SSSR count). The van der Waals surface area contributed by atoms with E-state index in [0.29, 0.717) is 15.9 Å². The van der Waals surface area contributed by atoms with E-state index in [4.69, 9.17) is 16.3 Å². The van der Waals surface area contributed by atoms with Crippen molar-refractivity contribution in [3.05, 3.63) is 75.3 Å². The average molecular weight is 401 g/mol. The number of benzene rings is 2. The van der Waals surface area contributed by atoms with E-state index < -0.39 is 6.10 Å². The number of anilines is 1. The van der Waals surface area contributed by atoms with Crippen LogP contribution >= 0.6 is 22.9 Å². The Hall–Kier alpha value is -2.37. The van der Waals surface area contributed by atoms with E-state index >= 15 is 0 Å². The van der Waals surface area contributed by atoms with Crippen molar-refractivity contribution in [1.29, 1.82) is 0 Å². The molecule has 140 valence electrons. The van der Waals surface area contributed by atoms with Crippen molar-refractivity contribution in [1.82, 2.24) is 4.98 Å². The van der Waals surface area contributed by atoms with Gasteiger partial charge in [0.05, 0.1) is 0 Å². The molecule has 0 aliphatic rings. The number of halogens is 1. The summed E-state index contributed by atoms with van der Waals surface area (Å²) in [4.78, 5) is 17.8. The first-order valence-corrected chi connectivity index (χ1v) is 9.83. The summed E-state index contributed by atoms with van der Waals surface area (Å²) < 4.78 is 5.78. The molecule has 0 aliphatic carbocycles. The molecule has 0 aliphatic heterocycles. The number of hydrogen-bond donors (Lipinski definition) is 1. The monoisotopic (exact) mass is 400 g/mol. The number of carbonyl (C=O) groups excluding carboxylic acids is 1. The predicted molar refractivity (Wildman–Crippen MR) is 111 cm³/mol. The minimum Gasteiger partial charge on any atom is -0.481 e. The number of aryl methyl sites for hydroxylation is 2. The average Bonchev–Trinajstić information content (AvgIpc) is 3.03. The molecule has 1 unspecified atom stereocenters. The van der Waals surface area contributed by atoms with Gasteiger partial charge in [0, 0.05) is 22.5 Å². The number of nitrogens with one attached hydrogen (secondary N) is 1. The van der Waals surface area contributed by atoms with E-state index in [2.05, 4.69) is 16.4 Å². The van der Waals surface area contributed by atoms with Crippen LogP contribution in [-0.4, -0.2) is 17.0 Å². The van der Waals surface area contributed by atoms with E-state index in [-0.39, 0.29) is 5.91 Å². The van der Waals surface area contributed by atoms with E-state index in [1.807, 2.05) is 50.2 Å². The third kappa shape index (κ3) is 5.55. The van der Waals surface area contributed by atoms with Crippen LogP contribution in [0.1, 0.15) is 28.5 Å². The molecule has 3 aromatic rings. The highest BCUT2D eigenvalue weighted by atomic mass is 35.5. The lowest BCUT2D eigenvalue weighted by Crippen LogP contribution is -2.30. The van der Waals surface area contributed by atoms with Gasteiger partial charge < -0.3 is 4.74 Å². The maximum Gasteiger partial charge on any atom is 0.266 e. The molecule has 1 atom stereocenters. The second kappa shape index (κ2) is 8.55. The summed E-state index contributed by atoms with van der Waals surface area (Å²) in [5.74, 6) is 0.472. The summed E-state index contributed by atoms with van der Waals surface area (Å²) in [5, 5.41) is 4.11. The van der Waals surface area contributed by atoms with Crippen LogP contribution in [0, 0.1) is 13.8 Å². The molecule has 2 aromatic carbocycles. The van der Waals surface area contributed by atoms with Gasteiger partial charge in [0.1, 0.15) is 5.75 Å². The highest BCUT2D eigenvalue weighted by Crippen LogP contribution is 2.23. The first-order chi connectivity index (χ1) is 12.9. The van der Waals surface area contributed by atoms with E-state index in [1.165, 1.54) is 11.3 Å². The number of aromatic nitrogens is 1. The van der Waals surface area contributed by atoms with Crippen LogP contribution in [-0.2, 0) is 11.2 Å². The zero-order valence-corrected chi connectivity index (χ0v) is 17.0. The summed E-state index contributed by atoms with van der Waals surface area (Å²) in [5.41, 5.74) is 3.35. The Balaban J connectivity index is 1.58. The summed E-state index contributed by atoms with van der Waals surface area (Å²) in [7, 11) is 0. The molecule has 0 saturated carbocycles. The second-order valence-corrected chi connectivity index (χ2v) is 8.06. The number of nitrogens with zero attached hydrogens (tertiary/aromatic N) is 1. The molecule has 1 heterocycles. The maximum atomic E-state index is 12.4. The van der Waals surface area contributed by atoms with Crippen LogP contribution in [0.25, 0.3) is 0 Å². The first-order valence-electron chi connectivity index (χ1n) is 8.64. The van der Waals surface area contributed by atoms with Gasteiger partial charge in [-0.2, -0.15) is 0 Å². The minimum atomic E-state index is -0.616. The minimum absolute atomic E-state index is 0.221. The Morgan fingerprint density at radius 2 is 1.85 bits per heavy atom. The Morgan fingerprint density at radius 3 is 2.52 bits per heavy atom. The normalized spacial score (nSPS) is 11.9. The summed E-state index contributed by atoms with van der Waals surface area (Å²) in [6.45, 7) is 5.74. The molecule has 1 N–H and O–H groups in total. The number of ether oxygens (including phenoxy) is 1. The third-order valence-electron chi connectivity index (χ3n) is 3.95. The number of thiazole rings is 1. The molecule has 6 heteroatoms. The molecule has 1 aromatic heterocycles. The smallest absolute Gasteiger partial charge is 0.266 e. The molecular weight excluding hydrogens is 380 g/mol. The second-order valence-electron chi connectivity index (χ2n) is 6.51. The van der Waals surface area contributed by atoms with Gasteiger partial charge in [-0.25, -0.2) is 4.98 Å². The zero-order chi connectivity index (χ0) is 19.4. The number of carbonyl (C=O) groups is 1. The van der Waals surface area contributed by atoms with Crippen LogP contribution in [0.4, 0.5) is 5.13 Å². The van der Waals surface area contributed by atoms with E-state index in [9.17, 15) is 4.79 Å². The van der Waals surface area contributed by atoms with Crippen molar-refractivity contribution in [2.45, 2.75) is 33.3 Å². The molecule has 0 fully saturated rings. The van der Waals surface area contributed by atoms with Gasteiger partial charge >= 0.3 is 0 Å². The molecule has 27 heavy (non-hydrogen) atoms. The van der Waals surface area contributed by atoms with Gasteiger partial charge in [0.25, 0.3) is 5.91 Å². The van der Waals surface area contributed by atoms with E-state index in [0.717, 1.165) is 28.0 Å². The highest BCUT2D eigenvalue weighted by molar-refractivity contribution is 7.15. The fourth-order valence-electron chi connectivity index (χ4n) is 2.72. The topological polar surface area (TPSA) is 51.2 Å². The zero-order valence-electron chi connectivity index (χ0n) is 15.5. The molecule has 0 bridgehead atoms. The molecule has 4 nitrogen and oxygen atoms in total. The largest absolute Gasteiger partial charge is 0.481 e. The summed E-state index contributed by atoms with van der Waals surface area (Å²) in [6, 6.07) is 13.6. The highest BCUT2D eigenvalue weighted by Gasteiger charge is 2.17. The number of hydrogen-bond acceptors (Lipinski definition) is 4. The SMILES string of the molecule is Cc1cc(C)cc(OC(C)C(=O)Nc2ncc(Cc3ccc(Cl)cc3)s2)c1. The van der Waals surface area contributed by atoms with Crippen LogP contribution < -0.4 is 10.1 Å². The van der Waals surface area contributed by atoms with Gasteiger partial charge in [-0.3, -0.25) is 10.1 Å². The number of rotatable bonds is 6. The van der Waals surface area contributed by atoms with Crippen molar-refractivity contribution >= 4 is 34.0 Å². The van der Waals surface area contributed by atoms with E-state index in [1.54, 1.807) is 13.1 Å². The lowest BCUT2D eigenvalue weighted by Gasteiger charge is -2.14. The summed E-state index contributed by atoms with van der Waals surface area (Å²) in [6.07, 6.45) is 1.92. The summed E-state index contributed by atoms with van der Waals surface area (Å²) >= 11 is 7.37. The fourth-order valence-corrected chi connectivity index (χ4v) is 3.69. The van der Waals surface area contributed by atoms with Crippen molar-refractivity contribution in [2.75, 3.05) is 5.32 Å². The lowest BCUT2D eigenvalue weighted by molar-refractivity contribution is -0.122. The van der Waals surface area contributed by atoms with Gasteiger partial charge in [0.15, 0.2) is 11.2 Å². The molecular formula is C21H21ClN2O2S. The maximum absolute atomic E-state index is 12.4. The van der Waals surface area contributed by atoms with Crippen molar-refractivity contribution in [3.8, 4) is 5.75 Å². The molecule has 1 amide bonds. The predicted octanol–water partition coefficient (Wildman–Crippen LogP) is 5.41. The first kappa shape index (κ1) is 19.4. The third-order valence-corrected chi connectivity index (χ3v) is 5.12. The quantitative estimate of drug-likeness (QED) is 0.601. The Morgan fingerprint density at radius 1 is 1.19 bits per heavy atom. The van der Waals surface area contributed by atoms with Crippen molar-refractivity contribution in [3.63, 3.8) is 0 Å². The Labute approximate surface area is 168 Å². The fraction of sp³-hybridized carbons (Fsp3) is 0.238. The Bertz CT molecular complexity index is 917. The number of amides is 1. The lowest BCUT2D eigenvalue weighted by atomic mass is 10.1. The van der Waals surface area contributed by atoms with Crippen LogP contribution in [0.5, 0.6) is 5.75 Å². The molecule has 0 saturated heterocycles. The van der Waals surface area contributed by atoms with Gasteiger partial charge in [-0.1, -0.05) is 29.8 Å². The Kier molecular flexibility index (Phi) is 6.14. The van der Waals surface area contributed by atoms with Crippen molar-refractivity contribution < 1.29 is 9.53 Å². The van der Waals surface area contributed by atoms with Crippen LogP contribution in [0.3, 0.4) is 0 Å². The molecule has 0 radical (unpaired) electrons. The standard InChI is InChI=1S/C21H21ClN2O2S/c1-13-8-14(2)10-18(9-13)26-15(3)20(25)24-21-23-12-19(27-21)11-16-4-6-17(22)7-5-16/h4-10,12,15H,11H2,1-3H3,(H,23,24,25). The molecule has 0 spiro atoms.